The highest BCUT2D eigenvalue weighted by atomic mass is 35.5. The number of rotatable bonds is 24. The van der Waals surface area contributed by atoms with Crippen LogP contribution in [0, 0.1) is 22.5 Å². The molecule has 0 bridgehead atoms. The van der Waals surface area contributed by atoms with Crippen LogP contribution in [-0.2, 0) is 38.8 Å². The number of carbonyl (C=O) groups is 5. The number of piperidine rings is 2. The SMILES string of the molecule is COc1ccc(C2=N[C@@H](c3ccc(Cl)cc3)[C@@H](c3ccc(Cl)cc3)N2C(=O)N2CCN(CC(=O)NCCCN3CC[C@@]4(CCN(CCC(=O)NCc5cccc(CNc6cc(N7CCC8(CC7)CN(c7cc(F)c(CN9CCC(C)(C)CC9)cc7F)CC(=O)N8)ncn6)c5)C4)C3)C(=O)C2)c(OC(C)C)c1. The van der Waals surface area contributed by atoms with Gasteiger partial charge in [-0.3, -0.25) is 34.0 Å². The molecular formula is C79H97Cl2F2N15O7. The van der Waals surface area contributed by atoms with E-state index in [1.807, 2.05) is 68.4 Å². The van der Waals surface area contributed by atoms with Crippen LogP contribution in [0.25, 0.3) is 0 Å². The van der Waals surface area contributed by atoms with Crippen LogP contribution in [0.4, 0.5) is 30.9 Å². The van der Waals surface area contributed by atoms with Crippen molar-refractivity contribution in [2.45, 2.75) is 122 Å². The van der Waals surface area contributed by atoms with Gasteiger partial charge in [0.2, 0.25) is 23.6 Å². The Balaban J connectivity index is 0.518. The van der Waals surface area contributed by atoms with Crippen LogP contribution in [0.1, 0.15) is 125 Å². The molecule has 5 aromatic carbocycles. The van der Waals surface area contributed by atoms with Crippen LogP contribution < -0.4 is 40.5 Å². The van der Waals surface area contributed by atoms with Gasteiger partial charge in [-0.25, -0.2) is 23.5 Å². The molecule has 22 nitrogen and oxygen atoms in total. The van der Waals surface area contributed by atoms with E-state index in [1.165, 1.54) is 28.3 Å². The molecule has 26 heteroatoms. The van der Waals surface area contributed by atoms with Crippen LogP contribution in [0.15, 0.2) is 121 Å². The van der Waals surface area contributed by atoms with Crippen LogP contribution in [0.2, 0.25) is 10.0 Å². The van der Waals surface area contributed by atoms with Gasteiger partial charge in [-0.15, -0.1) is 0 Å². The number of amides is 6. The number of aliphatic imine (C=N–C) groups is 1. The number of likely N-dealkylation sites (tertiary alicyclic amines) is 3. The van der Waals surface area contributed by atoms with E-state index in [0.717, 1.165) is 106 Å². The van der Waals surface area contributed by atoms with Crippen LogP contribution in [0.5, 0.6) is 11.5 Å². The maximum Gasteiger partial charge on any atom is 0.326 e. The molecule has 0 saturated carbocycles. The Morgan fingerprint density at radius 3 is 2.10 bits per heavy atom. The lowest BCUT2D eigenvalue weighted by molar-refractivity contribution is -0.139. The predicted molar refractivity (Wildman–Crippen MR) is 403 cm³/mol. The molecule has 6 saturated heterocycles. The van der Waals surface area contributed by atoms with Crippen molar-refractivity contribution in [3.8, 4) is 11.5 Å². The van der Waals surface area contributed by atoms with Crippen molar-refractivity contribution < 1.29 is 42.2 Å². The van der Waals surface area contributed by atoms with E-state index < -0.39 is 35.3 Å². The number of nitrogens with one attached hydrogen (secondary N) is 4. The molecule has 7 aliphatic heterocycles. The van der Waals surface area contributed by atoms with Gasteiger partial charge < -0.3 is 60.1 Å². The maximum absolute atomic E-state index is 15.8. The lowest BCUT2D eigenvalue weighted by atomic mass is 9.82. The van der Waals surface area contributed by atoms with E-state index in [2.05, 4.69) is 70.7 Å². The van der Waals surface area contributed by atoms with Gasteiger partial charge in [0.25, 0.3) is 0 Å². The summed E-state index contributed by atoms with van der Waals surface area (Å²) in [6, 6.07) is 31.1. The summed E-state index contributed by atoms with van der Waals surface area (Å²) in [5.41, 5.74) is 4.49. The monoisotopic (exact) mass is 1480 g/mol. The van der Waals surface area contributed by atoms with Gasteiger partial charge in [0.1, 0.15) is 59.5 Å². The molecule has 6 amide bonds. The van der Waals surface area contributed by atoms with E-state index in [9.17, 15) is 19.2 Å². The minimum Gasteiger partial charge on any atom is -0.497 e. The molecule has 2 spiro atoms. The molecule has 105 heavy (non-hydrogen) atoms. The largest absolute Gasteiger partial charge is 0.497 e. The summed E-state index contributed by atoms with van der Waals surface area (Å²) in [6.07, 6.45) is 7.87. The minimum absolute atomic E-state index is 0.00577. The Hall–Kier alpha value is -8.68. The van der Waals surface area contributed by atoms with Crippen molar-refractivity contribution in [3.63, 3.8) is 0 Å². The number of carbonyl (C=O) groups excluding carboxylic acids is 5. The van der Waals surface area contributed by atoms with Gasteiger partial charge in [-0.05, 0) is 167 Å². The number of aromatic nitrogens is 2. The third kappa shape index (κ3) is 18.2. The molecular weight excluding hydrogens is 1380 g/mol. The van der Waals surface area contributed by atoms with Crippen molar-refractivity contribution in [2.75, 3.05) is 133 Å². The molecule has 13 rings (SSSR count). The van der Waals surface area contributed by atoms with Gasteiger partial charge in [0.05, 0.1) is 49.1 Å². The third-order valence-corrected chi connectivity index (χ3v) is 22.5. The number of amidine groups is 1. The molecule has 0 aliphatic carbocycles. The summed E-state index contributed by atoms with van der Waals surface area (Å²) in [5, 5.41) is 13.9. The molecule has 0 radical (unpaired) electrons. The number of benzene rings is 5. The topological polar surface area (TPSA) is 216 Å². The van der Waals surface area contributed by atoms with Gasteiger partial charge in [-0.2, -0.15) is 0 Å². The first-order valence-electron chi connectivity index (χ1n) is 37.0. The number of anilines is 3. The average molecular weight is 1480 g/mol. The van der Waals surface area contributed by atoms with Gasteiger partial charge in [0.15, 0.2) is 0 Å². The number of nitrogens with zero attached hydrogens (tertiary/aromatic N) is 11. The Bertz CT molecular complexity index is 4160. The van der Waals surface area contributed by atoms with Crippen molar-refractivity contribution in [1.29, 1.82) is 0 Å². The maximum atomic E-state index is 15.8. The summed E-state index contributed by atoms with van der Waals surface area (Å²) in [4.78, 5) is 99.1. The lowest BCUT2D eigenvalue weighted by Gasteiger charge is -2.48. The molecule has 8 heterocycles. The Kier molecular flexibility index (Phi) is 23.1. The first kappa shape index (κ1) is 74.6. The second-order valence-electron chi connectivity index (χ2n) is 30.6. The molecule has 3 atom stereocenters. The number of urea groups is 1. The lowest BCUT2D eigenvalue weighted by Crippen LogP contribution is -2.66. The average Bonchev–Trinajstić information content (AvgIpc) is 1.66. The number of methoxy groups -OCH3 is 1. The number of hydrogen-bond acceptors (Lipinski definition) is 16. The molecule has 0 unspecified atom stereocenters. The quantitative estimate of drug-likeness (QED) is 0.0415. The van der Waals surface area contributed by atoms with E-state index in [4.69, 9.17) is 37.7 Å². The molecule has 7 aliphatic rings. The van der Waals surface area contributed by atoms with Crippen molar-refractivity contribution in [3.05, 3.63) is 171 Å². The number of hydrogen-bond donors (Lipinski definition) is 4. The van der Waals surface area contributed by atoms with E-state index in [1.54, 1.807) is 53.3 Å². The predicted octanol–water partition coefficient (Wildman–Crippen LogP) is 10.5. The minimum atomic E-state index is -0.652. The Morgan fingerprint density at radius 1 is 0.695 bits per heavy atom. The van der Waals surface area contributed by atoms with Crippen molar-refractivity contribution >= 4 is 76.0 Å². The smallest absolute Gasteiger partial charge is 0.326 e. The van der Waals surface area contributed by atoms with Gasteiger partial charge in [-0.1, -0.05) is 85.6 Å². The zero-order chi connectivity index (χ0) is 73.6. The fourth-order valence-electron chi connectivity index (χ4n) is 16.0. The highest BCUT2D eigenvalue weighted by Gasteiger charge is 2.48. The molecule has 6 aromatic rings. The number of piperazine rings is 2. The fourth-order valence-corrected chi connectivity index (χ4v) is 16.3. The Morgan fingerprint density at radius 2 is 1.39 bits per heavy atom. The van der Waals surface area contributed by atoms with Crippen LogP contribution in [0.3, 0.4) is 0 Å². The zero-order valence-corrected chi connectivity index (χ0v) is 62.3. The third-order valence-electron chi connectivity index (χ3n) is 22.0. The molecule has 4 N–H and O–H groups in total. The molecule has 1 aromatic heterocycles. The standard InChI is InChI=1S/C79H97Cl2F2N15O7/c1-53(2)105-66-40-61(104-5)18-19-62(66)75-89-73(56-10-14-59(80)15-11-56)74(57-12-16-60(81)17-13-57)98(75)76(103)96-37-36-95(72(102)48-96)46-70(100)84-27-7-28-92-32-23-78(49-92)24-33-93(50-78)29-20-69(99)86-44-55-9-6-8-54(38-55)43-85-67-42-68(88-52-87-67)94-34-25-79(26-35-94)51-97(47-71(101)90-79)65-41-63(82)58(39-64(65)83)45-91-30-21-77(3,4)22-31-91/h6,8-19,38-42,52-53,73-74H,7,20-37,43-51H2,1-5H3,(H,84,100)(H,86,99)(H,90,101)(H,85,87,88)/t73-,74+,78+/m0/s1. The number of halogens is 4. The summed E-state index contributed by atoms with van der Waals surface area (Å²) < 4.78 is 43.4. The van der Waals surface area contributed by atoms with Gasteiger partial charge in [0, 0.05) is 119 Å². The highest BCUT2D eigenvalue weighted by molar-refractivity contribution is 6.30. The van der Waals surface area contributed by atoms with Crippen molar-refractivity contribution in [1.82, 2.24) is 55.3 Å². The first-order valence-corrected chi connectivity index (χ1v) is 37.7. The summed E-state index contributed by atoms with van der Waals surface area (Å²) in [5.74, 6) is 1.07. The highest BCUT2D eigenvalue weighted by Crippen LogP contribution is 2.47. The summed E-state index contributed by atoms with van der Waals surface area (Å²) in [7, 11) is 1.58. The normalized spacial score (nSPS) is 21.4. The second kappa shape index (κ2) is 32.6. The second-order valence-corrected chi connectivity index (χ2v) is 31.5. The van der Waals surface area contributed by atoms with Crippen LogP contribution in [-0.4, -0.2) is 205 Å². The van der Waals surface area contributed by atoms with Gasteiger partial charge >= 0.3 is 6.03 Å². The van der Waals surface area contributed by atoms with E-state index >= 15 is 13.6 Å². The first-order chi connectivity index (χ1) is 50.5. The van der Waals surface area contributed by atoms with Crippen LogP contribution >= 0.6 is 23.2 Å². The fraction of sp³-hybridized carbons (Fsp3) is 0.494. The summed E-state index contributed by atoms with van der Waals surface area (Å²) >= 11 is 12.8. The summed E-state index contributed by atoms with van der Waals surface area (Å²) in [6.45, 7) is 18.6. The van der Waals surface area contributed by atoms with Crippen molar-refractivity contribution in [2.24, 2.45) is 15.8 Å². The van der Waals surface area contributed by atoms with E-state index in [-0.39, 0.29) is 79.0 Å². The number of ether oxygens (including phenoxy) is 2. The molecule has 6 fully saturated rings. The Labute approximate surface area is 624 Å². The van der Waals surface area contributed by atoms with E-state index in [0.29, 0.717) is 116 Å². The zero-order valence-electron chi connectivity index (χ0n) is 60.8. The molecule has 558 valence electrons.